The molecule has 0 radical (unpaired) electrons. The molecule has 0 spiro atoms. The Morgan fingerprint density at radius 2 is 1.83 bits per heavy atom. The number of para-hydroxylation sites is 2. The van der Waals surface area contributed by atoms with Crippen LogP contribution in [0.5, 0.6) is 5.75 Å². The Labute approximate surface area is 171 Å². The number of carbonyl (C=O) groups excluding carboxylic acids is 3. The predicted molar refractivity (Wildman–Crippen MR) is 101 cm³/mol. The number of amides is 3. The monoisotopic (exact) mass is 428 g/mol. The van der Waals surface area contributed by atoms with Crippen LogP contribution in [0.2, 0.25) is 0 Å². The average molecular weight is 428 g/mol. The summed E-state index contributed by atoms with van der Waals surface area (Å²) in [5.74, 6) is -1.67. The molecular formula is C19H23F3N4O4. The zero-order chi connectivity index (χ0) is 21.9. The molecule has 1 fully saturated rings. The fraction of sp³-hybridized carbons (Fsp3) is 0.526. The first-order valence-electron chi connectivity index (χ1n) is 9.56. The molecule has 0 aromatic heterocycles. The SMILES string of the molecule is NC(=O)C1CN(C(=O)CN2CCC(C(=O)NCC(F)(F)F)CC2)c2ccccc2O1. The third-order valence-corrected chi connectivity index (χ3v) is 5.17. The van der Waals surface area contributed by atoms with E-state index in [1.165, 1.54) is 4.90 Å². The smallest absolute Gasteiger partial charge is 0.405 e. The van der Waals surface area contributed by atoms with Crippen molar-refractivity contribution in [3.05, 3.63) is 24.3 Å². The molecule has 3 rings (SSSR count). The molecule has 3 amide bonds. The maximum Gasteiger partial charge on any atom is 0.405 e. The summed E-state index contributed by atoms with van der Waals surface area (Å²) < 4.78 is 42.3. The van der Waals surface area contributed by atoms with Crippen LogP contribution in [0.25, 0.3) is 0 Å². The number of benzene rings is 1. The van der Waals surface area contributed by atoms with Gasteiger partial charge in [-0.1, -0.05) is 12.1 Å². The number of nitrogens with zero attached hydrogens (tertiary/aromatic N) is 2. The van der Waals surface area contributed by atoms with Gasteiger partial charge in [-0.05, 0) is 38.1 Å². The van der Waals surface area contributed by atoms with Crippen molar-refractivity contribution in [2.24, 2.45) is 11.7 Å². The van der Waals surface area contributed by atoms with Crippen LogP contribution in [0.3, 0.4) is 0 Å². The van der Waals surface area contributed by atoms with Gasteiger partial charge >= 0.3 is 6.18 Å². The summed E-state index contributed by atoms with van der Waals surface area (Å²) in [5.41, 5.74) is 5.89. The summed E-state index contributed by atoms with van der Waals surface area (Å²) >= 11 is 0. The topological polar surface area (TPSA) is 105 Å². The number of anilines is 1. The minimum Gasteiger partial charge on any atom is -0.477 e. The van der Waals surface area contributed by atoms with Crippen molar-refractivity contribution in [1.82, 2.24) is 10.2 Å². The van der Waals surface area contributed by atoms with E-state index in [0.29, 0.717) is 37.4 Å². The van der Waals surface area contributed by atoms with Crippen LogP contribution in [0.1, 0.15) is 12.8 Å². The number of primary amides is 1. The molecule has 0 aliphatic carbocycles. The number of rotatable bonds is 5. The maximum absolute atomic E-state index is 12.9. The van der Waals surface area contributed by atoms with Gasteiger partial charge in [-0.3, -0.25) is 19.3 Å². The molecule has 1 saturated heterocycles. The molecule has 1 aromatic rings. The quantitative estimate of drug-likeness (QED) is 0.717. The van der Waals surface area contributed by atoms with Crippen molar-refractivity contribution in [3.8, 4) is 5.75 Å². The molecule has 0 bridgehead atoms. The first kappa shape index (κ1) is 21.9. The average Bonchev–Trinajstić information content (AvgIpc) is 2.71. The molecule has 3 N–H and O–H groups in total. The molecule has 0 saturated carbocycles. The van der Waals surface area contributed by atoms with Crippen molar-refractivity contribution in [2.45, 2.75) is 25.1 Å². The second-order valence-electron chi connectivity index (χ2n) is 7.36. The van der Waals surface area contributed by atoms with Crippen molar-refractivity contribution < 1.29 is 32.3 Å². The Hall–Kier alpha value is -2.82. The van der Waals surface area contributed by atoms with Gasteiger partial charge in [-0.15, -0.1) is 0 Å². The lowest BCUT2D eigenvalue weighted by atomic mass is 9.96. The Bertz CT molecular complexity index is 809. The van der Waals surface area contributed by atoms with Crippen molar-refractivity contribution >= 4 is 23.4 Å². The van der Waals surface area contributed by atoms with Gasteiger partial charge in [0.05, 0.1) is 18.8 Å². The van der Waals surface area contributed by atoms with Crippen LogP contribution in [0, 0.1) is 5.92 Å². The van der Waals surface area contributed by atoms with E-state index < -0.39 is 36.6 Å². The molecule has 164 valence electrons. The summed E-state index contributed by atoms with van der Waals surface area (Å²) in [5, 5.41) is 1.91. The standard InChI is InChI=1S/C19H23F3N4O4/c20-19(21,22)11-24-18(29)12-5-7-25(8-6-12)10-16(27)26-9-15(17(23)28)30-14-4-2-1-3-13(14)26/h1-4,12,15H,5-11H2,(H2,23,28)(H,24,29). The van der Waals surface area contributed by atoms with Crippen molar-refractivity contribution in [2.75, 3.05) is 37.6 Å². The van der Waals surface area contributed by atoms with Gasteiger partial charge in [0.1, 0.15) is 12.3 Å². The molecule has 1 atom stereocenters. The highest BCUT2D eigenvalue weighted by Crippen LogP contribution is 2.33. The van der Waals surface area contributed by atoms with E-state index in [0.717, 1.165) is 0 Å². The lowest BCUT2D eigenvalue weighted by molar-refractivity contribution is -0.141. The van der Waals surface area contributed by atoms with Crippen LogP contribution in [0.15, 0.2) is 24.3 Å². The van der Waals surface area contributed by atoms with Crippen LogP contribution >= 0.6 is 0 Å². The van der Waals surface area contributed by atoms with E-state index >= 15 is 0 Å². The van der Waals surface area contributed by atoms with Gasteiger partial charge in [0.25, 0.3) is 5.91 Å². The number of fused-ring (bicyclic) bond motifs is 1. The Morgan fingerprint density at radius 3 is 2.47 bits per heavy atom. The second kappa shape index (κ2) is 8.90. The lowest BCUT2D eigenvalue weighted by Gasteiger charge is -2.36. The van der Waals surface area contributed by atoms with Crippen molar-refractivity contribution in [1.29, 1.82) is 0 Å². The molecule has 30 heavy (non-hydrogen) atoms. The van der Waals surface area contributed by atoms with Gasteiger partial charge in [0.2, 0.25) is 11.8 Å². The number of piperidine rings is 1. The molecule has 1 unspecified atom stereocenters. The summed E-state index contributed by atoms with van der Waals surface area (Å²) in [6.07, 6.45) is -4.67. The van der Waals surface area contributed by atoms with Crippen LogP contribution in [0.4, 0.5) is 18.9 Å². The minimum atomic E-state index is -4.44. The molecular weight excluding hydrogens is 405 g/mol. The van der Waals surface area contributed by atoms with E-state index in [2.05, 4.69) is 0 Å². The third-order valence-electron chi connectivity index (χ3n) is 5.17. The van der Waals surface area contributed by atoms with E-state index in [9.17, 15) is 27.6 Å². The zero-order valence-electron chi connectivity index (χ0n) is 16.2. The first-order valence-corrected chi connectivity index (χ1v) is 9.56. The molecule has 2 aliphatic rings. The van der Waals surface area contributed by atoms with Gasteiger partial charge in [-0.25, -0.2) is 0 Å². The Morgan fingerprint density at radius 1 is 1.17 bits per heavy atom. The summed E-state index contributed by atoms with van der Waals surface area (Å²) in [6, 6.07) is 6.83. The molecule has 11 heteroatoms. The molecule has 8 nitrogen and oxygen atoms in total. The minimum absolute atomic E-state index is 0.00148. The van der Waals surface area contributed by atoms with Gasteiger partial charge < -0.3 is 20.7 Å². The summed E-state index contributed by atoms with van der Waals surface area (Å²) in [7, 11) is 0. The van der Waals surface area contributed by atoms with Crippen LogP contribution < -0.4 is 20.7 Å². The molecule has 2 aliphatic heterocycles. The van der Waals surface area contributed by atoms with Gasteiger partial charge in [0.15, 0.2) is 6.10 Å². The normalized spacial score (nSPS) is 20.2. The van der Waals surface area contributed by atoms with Crippen LogP contribution in [-0.4, -0.2) is 67.6 Å². The number of halogens is 3. The van der Waals surface area contributed by atoms with Crippen LogP contribution in [-0.2, 0) is 14.4 Å². The largest absolute Gasteiger partial charge is 0.477 e. The number of alkyl halides is 3. The van der Waals surface area contributed by atoms with E-state index in [4.69, 9.17) is 10.5 Å². The number of likely N-dealkylation sites (tertiary alicyclic amines) is 1. The zero-order valence-corrected chi connectivity index (χ0v) is 16.2. The molecule has 1 aromatic carbocycles. The number of carbonyl (C=O) groups is 3. The van der Waals surface area contributed by atoms with E-state index in [1.54, 1.807) is 24.3 Å². The van der Waals surface area contributed by atoms with Gasteiger partial charge in [-0.2, -0.15) is 13.2 Å². The fourth-order valence-electron chi connectivity index (χ4n) is 3.58. The summed E-state index contributed by atoms with van der Waals surface area (Å²) in [4.78, 5) is 39.7. The number of hydrogen-bond donors (Lipinski definition) is 2. The summed E-state index contributed by atoms with van der Waals surface area (Å²) in [6.45, 7) is -0.484. The fourth-order valence-corrected chi connectivity index (χ4v) is 3.58. The number of nitrogens with one attached hydrogen (secondary N) is 1. The lowest BCUT2D eigenvalue weighted by Crippen LogP contribution is -2.52. The number of nitrogens with two attached hydrogens (primary N) is 1. The predicted octanol–water partition coefficient (Wildman–Crippen LogP) is 0.656. The molecule has 2 heterocycles. The first-order chi connectivity index (χ1) is 14.1. The Kier molecular flexibility index (Phi) is 6.49. The second-order valence-corrected chi connectivity index (χ2v) is 7.36. The number of hydrogen-bond acceptors (Lipinski definition) is 5. The van der Waals surface area contributed by atoms with E-state index in [1.807, 2.05) is 10.2 Å². The number of ether oxygens (including phenoxy) is 1. The highest BCUT2D eigenvalue weighted by Gasteiger charge is 2.35. The van der Waals surface area contributed by atoms with Gasteiger partial charge in [0, 0.05) is 5.92 Å². The maximum atomic E-state index is 12.9. The third kappa shape index (κ3) is 5.41. The van der Waals surface area contributed by atoms with E-state index in [-0.39, 0.29) is 19.0 Å². The van der Waals surface area contributed by atoms with Crippen molar-refractivity contribution in [3.63, 3.8) is 0 Å². The Balaban J connectivity index is 1.56. The highest BCUT2D eigenvalue weighted by atomic mass is 19.4. The highest BCUT2D eigenvalue weighted by molar-refractivity contribution is 5.98.